The summed E-state index contributed by atoms with van der Waals surface area (Å²) in [6.45, 7) is -0.143. The lowest BCUT2D eigenvalue weighted by atomic mass is 10.7. The van der Waals surface area contributed by atoms with Crippen LogP contribution in [0.4, 0.5) is 5.82 Å². The van der Waals surface area contributed by atoms with Crippen LogP contribution in [-0.2, 0) is 20.0 Å². The molecule has 0 fully saturated rings. The van der Waals surface area contributed by atoms with E-state index in [0.29, 0.717) is 4.96 Å². The van der Waals surface area contributed by atoms with E-state index in [4.69, 9.17) is 5.73 Å². The van der Waals surface area contributed by atoms with Crippen LogP contribution in [0.5, 0.6) is 0 Å². The number of imidazole rings is 1. The summed E-state index contributed by atoms with van der Waals surface area (Å²) in [5.74, 6) is -0.0968. The van der Waals surface area contributed by atoms with Crippen LogP contribution in [0, 0.1) is 0 Å². The van der Waals surface area contributed by atoms with E-state index in [1.807, 2.05) is 0 Å². The van der Waals surface area contributed by atoms with E-state index in [9.17, 15) is 16.8 Å². The highest BCUT2D eigenvalue weighted by molar-refractivity contribution is 7.89. The highest BCUT2D eigenvalue weighted by Gasteiger charge is 2.24. The summed E-state index contributed by atoms with van der Waals surface area (Å²) in [7, 11) is -7.22. The maximum absolute atomic E-state index is 12.1. The van der Waals surface area contributed by atoms with Crippen molar-refractivity contribution in [3.8, 4) is 0 Å². The van der Waals surface area contributed by atoms with Crippen molar-refractivity contribution >= 4 is 42.2 Å². The summed E-state index contributed by atoms with van der Waals surface area (Å²) in [5, 5.41) is 1.54. The van der Waals surface area contributed by atoms with Crippen LogP contribution < -0.4 is 15.2 Å². The number of nitrogens with two attached hydrogens (primary N) is 1. The second-order valence-corrected chi connectivity index (χ2v) is 8.31. The number of hydrogen-bond acceptors (Lipinski definition) is 7. The van der Waals surface area contributed by atoms with Crippen LogP contribution in [0.1, 0.15) is 0 Å². The monoisotopic (exact) mass is 339 g/mol. The Hall–Kier alpha value is -1.21. The molecule has 9 nitrogen and oxygen atoms in total. The van der Waals surface area contributed by atoms with Gasteiger partial charge in [0.1, 0.15) is 0 Å². The molecule has 0 saturated heterocycles. The molecule has 0 unspecified atom stereocenters. The lowest BCUT2D eigenvalue weighted by Gasteiger charge is -2.06. The third-order valence-corrected chi connectivity index (χ3v) is 5.26. The molecule has 0 atom stereocenters. The van der Waals surface area contributed by atoms with Crippen molar-refractivity contribution in [3.05, 3.63) is 11.6 Å². The van der Waals surface area contributed by atoms with Crippen LogP contribution >= 0.6 is 11.3 Å². The molecule has 0 aliphatic rings. The summed E-state index contributed by atoms with van der Waals surface area (Å²) in [6.07, 6.45) is 2.54. The Kier molecular flexibility index (Phi) is 4.02. The number of thiazole rings is 1. The van der Waals surface area contributed by atoms with Gasteiger partial charge in [-0.3, -0.25) is 4.40 Å². The van der Waals surface area contributed by atoms with Crippen molar-refractivity contribution in [1.29, 1.82) is 0 Å². The minimum atomic E-state index is -3.86. The Morgan fingerprint density at radius 1 is 1.30 bits per heavy atom. The molecule has 0 bridgehead atoms. The van der Waals surface area contributed by atoms with E-state index in [1.165, 1.54) is 15.7 Å². The van der Waals surface area contributed by atoms with Gasteiger partial charge >= 0.3 is 0 Å². The van der Waals surface area contributed by atoms with Gasteiger partial charge in [0.05, 0.1) is 6.26 Å². The summed E-state index contributed by atoms with van der Waals surface area (Å²) in [6, 6.07) is 0. The number of nitrogens with one attached hydrogen (secondary N) is 2. The number of nitrogens with zero attached hydrogens (tertiary/aromatic N) is 2. The third-order valence-electron chi connectivity index (χ3n) is 2.28. The van der Waals surface area contributed by atoms with E-state index in [0.717, 1.165) is 6.26 Å². The molecule has 2 aromatic rings. The molecular formula is C8H13N5O4S3. The Labute approximate surface area is 119 Å². The van der Waals surface area contributed by atoms with Gasteiger partial charge < -0.3 is 5.73 Å². The zero-order valence-electron chi connectivity index (χ0n) is 10.4. The van der Waals surface area contributed by atoms with Crippen molar-refractivity contribution < 1.29 is 16.8 Å². The second kappa shape index (κ2) is 5.29. The largest absolute Gasteiger partial charge is 0.381 e. The maximum atomic E-state index is 12.1. The van der Waals surface area contributed by atoms with Crippen LogP contribution in [0.15, 0.2) is 16.6 Å². The van der Waals surface area contributed by atoms with Crippen molar-refractivity contribution in [1.82, 2.24) is 18.8 Å². The lowest BCUT2D eigenvalue weighted by molar-refractivity contribution is 0.570. The number of sulfonamides is 2. The molecule has 0 spiro atoms. The number of aromatic nitrogens is 2. The smallest absolute Gasteiger partial charge is 0.260 e. The number of hydrogen-bond donors (Lipinski definition) is 3. The Bertz CT molecular complexity index is 820. The highest BCUT2D eigenvalue weighted by atomic mass is 32.2. The molecule has 112 valence electrons. The molecule has 0 aliphatic carbocycles. The number of fused-ring (bicyclic) bond motifs is 1. The number of anilines is 1. The first kappa shape index (κ1) is 15.2. The Morgan fingerprint density at radius 2 is 1.95 bits per heavy atom. The molecule has 20 heavy (non-hydrogen) atoms. The first-order valence-electron chi connectivity index (χ1n) is 5.36. The fourth-order valence-corrected chi connectivity index (χ4v) is 4.03. The van der Waals surface area contributed by atoms with Crippen LogP contribution in [0.25, 0.3) is 4.96 Å². The maximum Gasteiger partial charge on any atom is 0.260 e. The van der Waals surface area contributed by atoms with Crippen LogP contribution in [0.3, 0.4) is 0 Å². The van der Waals surface area contributed by atoms with Gasteiger partial charge in [-0.15, -0.1) is 11.3 Å². The first-order chi connectivity index (χ1) is 9.21. The number of nitrogen functional groups attached to an aromatic ring is 1. The van der Waals surface area contributed by atoms with E-state index in [2.05, 4.69) is 14.4 Å². The molecule has 0 radical (unpaired) electrons. The number of rotatable bonds is 6. The predicted molar refractivity (Wildman–Crippen MR) is 75.5 cm³/mol. The highest BCUT2D eigenvalue weighted by Crippen LogP contribution is 2.22. The molecular weight excluding hydrogens is 326 g/mol. The molecule has 4 N–H and O–H groups in total. The molecule has 0 aromatic carbocycles. The summed E-state index contributed by atoms with van der Waals surface area (Å²) >= 11 is 1.26. The SMILES string of the molecule is CS(=O)(=O)NCCNS(=O)(=O)c1c(N)nc2sccn12. The molecule has 0 aliphatic heterocycles. The summed E-state index contributed by atoms with van der Waals surface area (Å²) in [4.78, 5) is 4.41. The minimum Gasteiger partial charge on any atom is -0.381 e. The zero-order chi connectivity index (χ0) is 15.0. The van der Waals surface area contributed by atoms with Gasteiger partial charge in [0.2, 0.25) is 10.0 Å². The molecule has 2 rings (SSSR count). The third kappa shape index (κ3) is 3.27. The predicted octanol–water partition coefficient (Wildman–Crippen LogP) is -1.19. The molecule has 0 saturated carbocycles. The molecule has 12 heteroatoms. The van der Waals surface area contributed by atoms with Gasteiger partial charge in [0.25, 0.3) is 10.0 Å². The Morgan fingerprint density at radius 3 is 2.60 bits per heavy atom. The fourth-order valence-electron chi connectivity index (χ4n) is 1.54. The van der Waals surface area contributed by atoms with Crippen molar-refractivity contribution in [3.63, 3.8) is 0 Å². The van der Waals surface area contributed by atoms with Gasteiger partial charge in [-0.2, -0.15) is 0 Å². The van der Waals surface area contributed by atoms with Gasteiger partial charge in [0.15, 0.2) is 15.8 Å². The minimum absolute atomic E-state index is 0.0520. The van der Waals surface area contributed by atoms with Crippen LogP contribution in [-0.4, -0.2) is 45.6 Å². The van der Waals surface area contributed by atoms with Crippen LogP contribution in [0.2, 0.25) is 0 Å². The van der Waals surface area contributed by atoms with Gasteiger partial charge in [0, 0.05) is 24.7 Å². The first-order valence-corrected chi connectivity index (χ1v) is 9.61. The lowest BCUT2D eigenvalue weighted by Crippen LogP contribution is -2.34. The second-order valence-electron chi connectivity index (χ2n) is 3.92. The van der Waals surface area contributed by atoms with E-state index in [1.54, 1.807) is 11.6 Å². The average Bonchev–Trinajstić information content (AvgIpc) is 2.82. The van der Waals surface area contributed by atoms with E-state index in [-0.39, 0.29) is 23.9 Å². The van der Waals surface area contributed by atoms with E-state index < -0.39 is 20.0 Å². The summed E-state index contributed by atoms with van der Waals surface area (Å²) in [5.41, 5.74) is 5.60. The van der Waals surface area contributed by atoms with Crippen molar-refractivity contribution in [2.45, 2.75) is 5.03 Å². The van der Waals surface area contributed by atoms with Crippen molar-refractivity contribution in [2.75, 3.05) is 25.1 Å². The van der Waals surface area contributed by atoms with Crippen molar-refractivity contribution in [2.24, 2.45) is 0 Å². The molecule has 2 aromatic heterocycles. The normalized spacial score (nSPS) is 13.1. The molecule has 0 amide bonds. The van der Waals surface area contributed by atoms with Gasteiger partial charge in [-0.1, -0.05) is 0 Å². The quantitative estimate of drug-likeness (QED) is 0.566. The van der Waals surface area contributed by atoms with Gasteiger partial charge in [-0.05, 0) is 0 Å². The molecule has 2 heterocycles. The fraction of sp³-hybridized carbons (Fsp3) is 0.375. The Balaban J connectivity index is 2.14. The average molecular weight is 339 g/mol. The standard InChI is InChI=1S/C8H13N5O4S3/c1-19(14,15)10-2-3-11-20(16,17)7-6(9)12-8-13(7)4-5-18-8/h4-5,10-11H,2-3,9H2,1H3. The van der Waals surface area contributed by atoms with Gasteiger partial charge in [-0.25, -0.2) is 31.3 Å². The topological polar surface area (TPSA) is 136 Å². The summed E-state index contributed by atoms with van der Waals surface area (Å²) < 4.78 is 51.8. The van der Waals surface area contributed by atoms with E-state index >= 15 is 0 Å². The zero-order valence-corrected chi connectivity index (χ0v) is 12.8.